The van der Waals surface area contributed by atoms with Crippen LogP contribution in [0.25, 0.3) is 11.1 Å². The number of rotatable bonds is 9. The van der Waals surface area contributed by atoms with Crippen LogP contribution in [0.4, 0.5) is 4.79 Å². The Hall–Kier alpha value is -3.35. The van der Waals surface area contributed by atoms with Crippen LogP contribution < -0.4 is 10.6 Å². The summed E-state index contributed by atoms with van der Waals surface area (Å²) in [7, 11) is 0. The summed E-state index contributed by atoms with van der Waals surface area (Å²) >= 11 is 0. The number of amides is 2. The van der Waals surface area contributed by atoms with Crippen LogP contribution >= 0.6 is 0 Å². The highest BCUT2D eigenvalue weighted by molar-refractivity contribution is 5.86. The lowest BCUT2D eigenvalue weighted by molar-refractivity contribution is -0.142. The Morgan fingerprint density at radius 1 is 1.06 bits per heavy atom. The molecule has 0 radical (unpaired) electrons. The normalized spacial score (nSPS) is 19.4. The summed E-state index contributed by atoms with van der Waals surface area (Å²) in [5.74, 6) is -1.53. The van der Waals surface area contributed by atoms with Gasteiger partial charge in [0.2, 0.25) is 5.91 Å². The SMILES string of the molecule is CCC[C@H](NC(=O)[C@@H]1C[C@@H]1CNC(=O)OCC1c2ccccc2-c2ccccc21)C(=O)O. The molecule has 2 aliphatic carbocycles. The van der Waals surface area contributed by atoms with E-state index in [0.29, 0.717) is 25.8 Å². The summed E-state index contributed by atoms with van der Waals surface area (Å²) in [4.78, 5) is 35.7. The van der Waals surface area contributed by atoms with Crippen molar-refractivity contribution in [2.75, 3.05) is 13.2 Å². The number of ether oxygens (including phenoxy) is 1. The molecule has 2 amide bonds. The first-order chi connectivity index (χ1) is 15.5. The van der Waals surface area contributed by atoms with E-state index in [9.17, 15) is 19.5 Å². The fourth-order valence-corrected chi connectivity index (χ4v) is 4.48. The second-order valence-electron chi connectivity index (χ2n) is 8.50. The number of carbonyl (C=O) groups is 3. The van der Waals surface area contributed by atoms with Gasteiger partial charge < -0.3 is 20.5 Å². The van der Waals surface area contributed by atoms with Gasteiger partial charge in [-0.3, -0.25) is 4.79 Å². The van der Waals surface area contributed by atoms with E-state index in [4.69, 9.17) is 4.74 Å². The number of nitrogens with one attached hydrogen (secondary N) is 2. The zero-order valence-electron chi connectivity index (χ0n) is 18.0. The number of alkyl carbamates (subject to hydrolysis) is 1. The highest BCUT2D eigenvalue weighted by Crippen LogP contribution is 2.44. The largest absolute Gasteiger partial charge is 0.480 e. The van der Waals surface area contributed by atoms with Gasteiger partial charge in [-0.05, 0) is 41.0 Å². The van der Waals surface area contributed by atoms with Crippen molar-refractivity contribution in [3.8, 4) is 11.1 Å². The van der Waals surface area contributed by atoms with Crippen LogP contribution in [0.1, 0.15) is 43.2 Å². The number of carboxylic acid groups (broad SMARTS) is 1. The van der Waals surface area contributed by atoms with Gasteiger partial charge in [0.05, 0.1) is 0 Å². The van der Waals surface area contributed by atoms with Crippen molar-refractivity contribution in [1.82, 2.24) is 10.6 Å². The Morgan fingerprint density at radius 3 is 2.28 bits per heavy atom. The van der Waals surface area contributed by atoms with E-state index in [1.54, 1.807) is 0 Å². The van der Waals surface area contributed by atoms with Gasteiger partial charge in [-0.25, -0.2) is 9.59 Å². The van der Waals surface area contributed by atoms with Crippen LogP contribution in [-0.2, 0) is 14.3 Å². The lowest BCUT2D eigenvalue weighted by atomic mass is 9.98. The summed E-state index contributed by atoms with van der Waals surface area (Å²) < 4.78 is 5.51. The van der Waals surface area contributed by atoms with Crippen molar-refractivity contribution in [3.05, 3.63) is 59.7 Å². The van der Waals surface area contributed by atoms with Gasteiger partial charge in [-0.2, -0.15) is 0 Å². The van der Waals surface area contributed by atoms with Crippen molar-refractivity contribution < 1.29 is 24.2 Å². The molecule has 2 aromatic rings. The van der Waals surface area contributed by atoms with Crippen LogP contribution in [0.15, 0.2) is 48.5 Å². The molecule has 7 nitrogen and oxygen atoms in total. The molecule has 0 bridgehead atoms. The Balaban J connectivity index is 1.25. The summed E-state index contributed by atoms with van der Waals surface area (Å²) in [6, 6.07) is 15.4. The van der Waals surface area contributed by atoms with Gasteiger partial charge in [0.1, 0.15) is 12.6 Å². The predicted octanol–water partition coefficient (Wildman–Crippen LogP) is 3.53. The smallest absolute Gasteiger partial charge is 0.407 e. The van der Waals surface area contributed by atoms with E-state index in [0.717, 1.165) is 11.1 Å². The second kappa shape index (κ2) is 9.42. The number of benzene rings is 2. The molecule has 3 N–H and O–H groups in total. The van der Waals surface area contributed by atoms with Gasteiger partial charge in [0.15, 0.2) is 0 Å². The molecule has 2 aliphatic rings. The number of hydrogen-bond donors (Lipinski definition) is 3. The summed E-state index contributed by atoms with van der Waals surface area (Å²) in [5.41, 5.74) is 4.65. The van der Waals surface area contributed by atoms with E-state index in [2.05, 4.69) is 34.9 Å². The van der Waals surface area contributed by atoms with Crippen LogP contribution in [0, 0.1) is 11.8 Å². The van der Waals surface area contributed by atoms with Crippen molar-refractivity contribution in [2.24, 2.45) is 11.8 Å². The molecule has 0 aromatic heterocycles. The van der Waals surface area contributed by atoms with Gasteiger partial charge in [-0.15, -0.1) is 0 Å². The molecule has 4 rings (SSSR count). The minimum Gasteiger partial charge on any atom is -0.480 e. The van der Waals surface area contributed by atoms with Gasteiger partial charge in [-0.1, -0.05) is 61.9 Å². The molecular formula is C25H28N2O5. The topological polar surface area (TPSA) is 105 Å². The Morgan fingerprint density at radius 2 is 1.69 bits per heavy atom. The average molecular weight is 437 g/mol. The van der Waals surface area contributed by atoms with Gasteiger partial charge in [0.25, 0.3) is 0 Å². The lowest BCUT2D eigenvalue weighted by Gasteiger charge is -2.15. The minimum absolute atomic E-state index is 0.000816. The van der Waals surface area contributed by atoms with Crippen LogP contribution in [0.2, 0.25) is 0 Å². The quantitative estimate of drug-likeness (QED) is 0.558. The van der Waals surface area contributed by atoms with Crippen molar-refractivity contribution >= 4 is 18.0 Å². The standard InChI is InChI=1S/C25H28N2O5/c1-2-7-22(24(29)30)27-23(28)20-12-15(20)13-26-25(31)32-14-21-18-10-5-3-8-16(18)17-9-4-6-11-19(17)21/h3-6,8-11,15,20-22H,2,7,12-14H2,1H3,(H,26,31)(H,27,28)(H,29,30)/t15-,20-,22+/m1/s1. The molecule has 32 heavy (non-hydrogen) atoms. The van der Waals surface area contributed by atoms with Gasteiger partial charge in [0, 0.05) is 18.4 Å². The molecule has 0 spiro atoms. The highest BCUT2D eigenvalue weighted by Gasteiger charge is 2.44. The molecule has 1 saturated carbocycles. The Labute approximate surface area is 187 Å². The minimum atomic E-state index is -1.02. The molecule has 168 valence electrons. The van der Waals surface area contributed by atoms with E-state index >= 15 is 0 Å². The maximum absolute atomic E-state index is 12.3. The lowest BCUT2D eigenvalue weighted by Crippen LogP contribution is -2.42. The number of fused-ring (bicyclic) bond motifs is 3. The van der Waals surface area contributed by atoms with E-state index in [1.807, 2.05) is 31.2 Å². The number of hydrogen-bond acceptors (Lipinski definition) is 4. The van der Waals surface area contributed by atoms with Crippen LogP contribution in [0.3, 0.4) is 0 Å². The maximum Gasteiger partial charge on any atom is 0.407 e. The summed E-state index contributed by atoms with van der Waals surface area (Å²) in [5, 5.41) is 14.5. The molecule has 0 aliphatic heterocycles. The molecule has 0 unspecified atom stereocenters. The van der Waals surface area contributed by atoms with Crippen LogP contribution in [0.5, 0.6) is 0 Å². The molecule has 1 fully saturated rings. The second-order valence-corrected chi connectivity index (χ2v) is 8.50. The van der Waals surface area contributed by atoms with Crippen LogP contribution in [-0.4, -0.2) is 42.3 Å². The predicted molar refractivity (Wildman–Crippen MR) is 119 cm³/mol. The zero-order valence-corrected chi connectivity index (χ0v) is 18.0. The fraction of sp³-hybridized carbons (Fsp3) is 0.400. The van der Waals surface area contributed by atoms with Crippen molar-refractivity contribution in [3.63, 3.8) is 0 Å². The monoisotopic (exact) mass is 436 g/mol. The molecule has 2 aromatic carbocycles. The Bertz CT molecular complexity index is 975. The van der Waals surface area contributed by atoms with Crippen molar-refractivity contribution in [1.29, 1.82) is 0 Å². The number of carbonyl (C=O) groups excluding carboxylic acids is 2. The fourth-order valence-electron chi connectivity index (χ4n) is 4.48. The first-order valence-electron chi connectivity index (χ1n) is 11.1. The number of carboxylic acids is 1. The van der Waals surface area contributed by atoms with E-state index in [-0.39, 0.29) is 30.3 Å². The molecule has 7 heteroatoms. The first-order valence-corrected chi connectivity index (χ1v) is 11.1. The molecule has 3 atom stereocenters. The van der Waals surface area contributed by atoms with E-state index < -0.39 is 18.1 Å². The average Bonchev–Trinajstić information content (AvgIpc) is 3.51. The molecule has 0 heterocycles. The summed E-state index contributed by atoms with van der Waals surface area (Å²) in [6.07, 6.45) is 1.20. The third kappa shape index (κ3) is 4.61. The summed E-state index contributed by atoms with van der Waals surface area (Å²) in [6.45, 7) is 2.45. The van der Waals surface area contributed by atoms with Crippen molar-refractivity contribution in [2.45, 2.75) is 38.1 Å². The van der Waals surface area contributed by atoms with Gasteiger partial charge >= 0.3 is 12.1 Å². The number of aliphatic carboxylic acids is 1. The first kappa shape index (κ1) is 21.9. The highest BCUT2D eigenvalue weighted by atomic mass is 16.5. The zero-order chi connectivity index (χ0) is 22.7. The Kier molecular flexibility index (Phi) is 6.44. The van der Waals surface area contributed by atoms with E-state index in [1.165, 1.54) is 11.1 Å². The molecular weight excluding hydrogens is 408 g/mol. The third-order valence-corrected chi connectivity index (χ3v) is 6.30. The molecule has 0 saturated heterocycles. The third-order valence-electron chi connectivity index (χ3n) is 6.30. The maximum atomic E-state index is 12.3.